The summed E-state index contributed by atoms with van der Waals surface area (Å²) in [6.45, 7) is 4.06. The predicted molar refractivity (Wildman–Crippen MR) is 99.4 cm³/mol. The highest BCUT2D eigenvalue weighted by atomic mass is 35.5. The third-order valence-corrected chi connectivity index (χ3v) is 4.75. The van der Waals surface area contributed by atoms with Crippen molar-refractivity contribution >= 4 is 44.2 Å². The van der Waals surface area contributed by atoms with Crippen molar-refractivity contribution in [3.63, 3.8) is 0 Å². The van der Waals surface area contributed by atoms with Gasteiger partial charge in [-0.1, -0.05) is 35.9 Å². The number of halogens is 1. The van der Waals surface area contributed by atoms with Crippen LogP contribution in [-0.2, 0) is 0 Å². The Morgan fingerprint density at radius 2 is 2.17 bits per heavy atom. The van der Waals surface area contributed by atoms with Gasteiger partial charge >= 0.3 is 0 Å². The second-order valence-corrected chi connectivity index (χ2v) is 6.92. The highest BCUT2D eigenvalue weighted by Crippen LogP contribution is 2.28. The summed E-state index contributed by atoms with van der Waals surface area (Å²) in [5.41, 5.74) is 1.35. The van der Waals surface area contributed by atoms with E-state index in [1.165, 1.54) is 11.3 Å². The highest BCUT2D eigenvalue weighted by Gasteiger charge is 2.11. The summed E-state index contributed by atoms with van der Waals surface area (Å²) in [6.07, 6.45) is 1.02. The summed E-state index contributed by atoms with van der Waals surface area (Å²) in [7, 11) is 0. The number of rotatable bonds is 5. The van der Waals surface area contributed by atoms with Gasteiger partial charge in [0.05, 0.1) is 16.3 Å². The molecule has 0 unspecified atom stereocenters. The molecule has 4 nitrogen and oxygen atoms in total. The Morgan fingerprint density at radius 1 is 1.33 bits per heavy atom. The molecule has 0 radical (unpaired) electrons. The average Bonchev–Trinajstić information content (AvgIpc) is 2.96. The van der Waals surface area contributed by atoms with E-state index in [4.69, 9.17) is 16.3 Å². The van der Waals surface area contributed by atoms with E-state index in [0.29, 0.717) is 21.5 Å². The van der Waals surface area contributed by atoms with E-state index in [-0.39, 0.29) is 12.0 Å². The van der Waals surface area contributed by atoms with Gasteiger partial charge in [0.25, 0.3) is 5.91 Å². The van der Waals surface area contributed by atoms with Crippen molar-refractivity contribution in [1.29, 1.82) is 0 Å². The molecule has 3 aromatic rings. The number of nitrogens with one attached hydrogen (secondary N) is 1. The van der Waals surface area contributed by atoms with E-state index in [1.807, 2.05) is 31.2 Å². The van der Waals surface area contributed by atoms with Gasteiger partial charge in [-0.2, -0.15) is 0 Å². The number of fused-ring (bicyclic) bond motifs is 1. The van der Waals surface area contributed by atoms with Crippen LogP contribution in [0.5, 0.6) is 5.75 Å². The van der Waals surface area contributed by atoms with Crippen LogP contribution in [0.1, 0.15) is 30.6 Å². The lowest BCUT2D eigenvalue weighted by atomic mass is 10.2. The minimum absolute atomic E-state index is 0.109. The maximum Gasteiger partial charge on any atom is 0.257 e. The number of carbonyl (C=O) groups excluding carboxylic acids is 1. The maximum atomic E-state index is 12.4. The number of hydrogen-bond acceptors (Lipinski definition) is 4. The number of ether oxygens (including phenoxy) is 1. The molecule has 2 aromatic carbocycles. The molecule has 1 atom stereocenters. The summed E-state index contributed by atoms with van der Waals surface area (Å²) in [5, 5.41) is 4.03. The first-order chi connectivity index (χ1) is 11.5. The lowest BCUT2D eigenvalue weighted by Gasteiger charge is -2.13. The molecule has 0 fully saturated rings. The molecule has 1 heterocycles. The van der Waals surface area contributed by atoms with Gasteiger partial charge in [0.2, 0.25) is 0 Å². The minimum Gasteiger partial charge on any atom is -0.491 e. The Kier molecular flexibility index (Phi) is 5.02. The van der Waals surface area contributed by atoms with Crippen LogP contribution in [0.3, 0.4) is 0 Å². The summed E-state index contributed by atoms with van der Waals surface area (Å²) in [5.74, 6) is 0.475. The van der Waals surface area contributed by atoms with E-state index < -0.39 is 0 Å². The largest absolute Gasteiger partial charge is 0.491 e. The molecule has 3 rings (SSSR count). The number of aromatic nitrogens is 1. The number of carbonyl (C=O) groups is 1. The van der Waals surface area contributed by atoms with Gasteiger partial charge in [0, 0.05) is 10.6 Å². The van der Waals surface area contributed by atoms with E-state index in [0.717, 1.165) is 16.6 Å². The van der Waals surface area contributed by atoms with E-state index in [1.54, 1.807) is 18.2 Å². The molecule has 0 spiro atoms. The molecule has 0 aliphatic rings. The predicted octanol–water partition coefficient (Wildman–Crippen LogP) is 5.38. The number of amides is 1. The molecule has 1 aromatic heterocycles. The monoisotopic (exact) mass is 360 g/mol. The number of benzene rings is 2. The smallest absolute Gasteiger partial charge is 0.257 e. The van der Waals surface area contributed by atoms with E-state index >= 15 is 0 Å². The Hall–Kier alpha value is -2.11. The van der Waals surface area contributed by atoms with Crippen LogP contribution in [0.15, 0.2) is 42.5 Å². The van der Waals surface area contributed by atoms with Crippen LogP contribution in [0.2, 0.25) is 5.02 Å². The van der Waals surface area contributed by atoms with Crippen LogP contribution in [-0.4, -0.2) is 17.0 Å². The van der Waals surface area contributed by atoms with Gasteiger partial charge in [-0.15, -0.1) is 0 Å². The Morgan fingerprint density at radius 3 is 2.96 bits per heavy atom. The SMILES string of the molecule is CC[C@H](C)Oc1cccc(C(=O)Nc2nc3ccc(Cl)cc3s2)c1. The van der Waals surface area contributed by atoms with Crippen molar-refractivity contribution in [2.75, 3.05) is 5.32 Å². The molecule has 1 amide bonds. The van der Waals surface area contributed by atoms with E-state index in [9.17, 15) is 4.79 Å². The van der Waals surface area contributed by atoms with Gasteiger partial charge in [0.15, 0.2) is 5.13 Å². The van der Waals surface area contributed by atoms with Crippen molar-refractivity contribution in [2.45, 2.75) is 26.4 Å². The highest BCUT2D eigenvalue weighted by molar-refractivity contribution is 7.22. The van der Waals surface area contributed by atoms with Crippen molar-refractivity contribution in [3.05, 3.63) is 53.1 Å². The van der Waals surface area contributed by atoms with Crippen molar-refractivity contribution in [2.24, 2.45) is 0 Å². The second-order valence-electron chi connectivity index (χ2n) is 5.45. The molecule has 124 valence electrons. The van der Waals surface area contributed by atoms with Crippen LogP contribution < -0.4 is 10.1 Å². The first-order valence-electron chi connectivity index (χ1n) is 7.69. The molecule has 24 heavy (non-hydrogen) atoms. The molecule has 0 saturated carbocycles. The van der Waals surface area contributed by atoms with Crippen molar-refractivity contribution in [1.82, 2.24) is 4.98 Å². The Labute approximate surface area is 149 Å². The Bertz CT molecular complexity index is 878. The zero-order valence-electron chi connectivity index (χ0n) is 13.4. The quantitative estimate of drug-likeness (QED) is 0.664. The topological polar surface area (TPSA) is 51.2 Å². The normalized spacial score (nSPS) is 12.1. The third-order valence-electron chi connectivity index (χ3n) is 3.58. The van der Waals surface area contributed by atoms with Gasteiger partial charge in [-0.3, -0.25) is 10.1 Å². The molecular formula is C18H17ClN2O2S. The maximum absolute atomic E-state index is 12.4. The minimum atomic E-state index is -0.213. The molecular weight excluding hydrogens is 344 g/mol. The van der Waals surface area contributed by atoms with Gasteiger partial charge in [-0.05, 0) is 49.7 Å². The second kappa shape index (κ2) is 7.20. The van der Waals surface area contributed by atoms with Crippen LogP contribution >= 0.6 is 22.9 Å². The standard InChI is InChI=1S/C18H17ClN2O2S/c1-3-11(2)23-14-6-4-5-12(9-14)17(22)21-18-20-15-8-7-13(19)10-16(15)24-18/h4-11H,3H2,1-2H3,(H,20,21,22)/t11-/m0/s1. The molecule has 0 aliphatic heterocycles. The lowest BCUT2D eigenvalue weighted by Crippen LogP contribution is -2.13. The van der Waals surface area contributed by atoms with Crippen molar-refractivity contribution in [3.8, 4) is 5.75 Å². The molecule has 6 heteroatoms. The molecule has 0 aliphatic carbocycles. The number of nitrogens with zero attached hydrogens (tertiary/aromatic N) is 1. The fourth-order valence-corrected chi connectivity index (χ4v) is 3.28. The number of hydrogen-bond donors (Lipinski definition) is 1. The Balaban J connectivity index is 1.77. The summed E-state index contributed by atoms with van der Waals surface area (Å²) in [4.78, 5) is 16.8. The van der Waals surface area contributed by atoms with E-state index in [2.05, 4.69) is 17.2 Å². The average molecular weight is 361 g/mol. The lowest BCUT2D eigenvalue weighted by molar-refractivity contribution is 0.102. The van der Waals surface area contributed by atoms with Crippen LogP contribution in [0.25, 0.3) is 10.2 Å². The van der Waals surface area contributed by atoms with Crippen LogP contribution in [0.4, 0.5) is 5.13 Å². The van der Waals surface area contributed by atoms with Gasteiger partial charge in [0.1, 0.15) is 5.75 Å². The molecule has 0 bridgehead atoms. The fourth-order valence-electron chi connectivity index (χ4n) is 2.15. The fraction of sp³-hybridized carbons (Fsp3) is 0.222. The number of anilines is 1. The summed E-state index contributed by atoms with van der Waals surface area (Å²) < 4.78 is 6.69. The molecule has 0 saturated heterocycles. The summed E-state index contributed by atoms with van der Waals surface area (Å²) >= 11 is 7.37. The first kappa shape index (κ1) is 16.7. The zero-order chi connectivity index (χ0) is 17.1. The van der Waals surface area contributed by atoms with Gasteiger partial charge in [-0.25, -0.2) is 4.98 Å². The first-order valence-corrected chi connectivity index (χ1v) is 8.88. The zero-order valence-corrected chi connectivity index (χ0v) is 14.9. The molecule has 1 N–H and O–H groups in total. The van der Waals surface area contributed by atoms with Crippen molar-refractivity contribution < 1.29 is 9.53 Å². The van der Waals surface area contributed by atoms with Gasteiger partial charge < -0.3 is 4.74 Å². The van der Waals surface area contributed by atoms with Crippen LogP contribution in [0, 0.1) is 0 Å². The number of thiazole rings is 1. The summed E-state index contributed by atoms with van der Waals surface area (Å²) in [6, 6.07) is 12.6. The third kappa shape index (κ3) is 3.86.